The Hall–Kier alpha value is -1.62. The Morgan fingerprint density at radius 3 is 1.02 bits per heavy atom. The highest BCUT2D eigenvalue weighted by Crippen LogP contribution is 2.15. The Morgan fingerprint density at radius 1 is 0.389 bits per heavy atom. The maximum atomic E-state index is 12.0. The summed E-state index contributed by atoms with van der Waals surface area (Å²) in [6.07, 6.45) is 53.0. The van der Waals surface area contributed by atoms with Crippen molar-refractivity contribution in [1.29, 1.82) is 0 Å². The molecule has 0 aromatic rings. The first-order valence-corrected chi connectivity index (χ1v) is 23.9. The van der Waals surface area contributed by atoms with Gasteiger partial charge in [0.2, 0.25) is 0 Å². The summed E-state index contributed by atoms with van der Waals surface area (Å²) < 4.78 is 10.8. The third-order valence-corrected chi connectivity index (χ3v) is 10.7. The van der Waals surface area contributed by atoms with Gasteiger partial charge in [-0.25, -0.2) is 0 Å². The highest BCUT2D eigenvalue weighted by molar-refractivity contribution is 5.69. The van der Waals surface area contributed by atoms with Gasteiger partial charge in [0.15, 0.2) is 0 Å². The molecule has 318 valence electrons. The van der Waals surface area contributed by atoms with Gasteiger partial charge < -0.3 is 14.6 Å². The monoisotopic (exact) mass is 761 g/mol. The molecule has 0 saturated carbocycles. The number of carbonyl (C=O) groups is 2. The molecule has 0 fully saturated rings. The topological polar surface area (TPSA) is 72.8 Å². The number of ether oxygens (including phenoxy) is 2. The van der Waals surface area contributed by atoms with E-state index in [9.17, 15) is 14.7 Å². The molecule has 0 aromatic heterocycles. The normalized spacial score (nSPS) is 11.8. The number of hydrogen-bond donors (Lipinski definition) is 1. The Balaban J connectivity index is 3.35. The van der Waals surface area contributed by atoms with Gasteiger partial charge in [-0.2, -0.15) is 0 Å². The zero-order valence-corrected chi connectivity index (χ0v) is 36.3. The third kappa shape index (κ3) is 44.8. The number of esters is 2. The summed E-state index contributed by atoms with van der Waals surface area (Å²) >= 11 is 0. The Bertz CT molecular complexity index is 755. The lowest BCUT2D eigenvalue weighted by Crippen LogP contribution is -2.07. The fourth-order valence-corrected chi connectivity index (χ4v) is 7.01. The molecule has 0 unspecified atom stereocenters. The van der Waals surface area contributed by atoms with Crippen molar-refractivity contribution >= 4 is 11.9 Å². The third-order valence-electron chi connectivity index (χ3n) is 10.7. The number of aliphatic hydroxyl groups is 1. The molecular formula is C49H92O5. The van der Waals surface area contributed by atoms with E-state index in [0.717, 1.165) is 89.9 Å². The van der Waals surface area contributed by atoms with Crippen LogP contribution < -0.4 is 0 Å². The molecule has 0 bridgehead atoms. The molecule has 0 rings (SSSR count). The lowest BCUT2D eigenvalue weighted by molar-refractivity contribution is -0.144. The molecule has 0 aliphatic heterocycles. The molecule has 0 amide bonds. The van der Waals surface area contributed by atoms with Crippen LogP contribution in [0.1, 0.15) is 258 Å². The van der Waals surface area contributed by atoms with Gasteiger partial charge in [-0.3, -0.25) is 9.59 Å². The quantitative estimate of drug-likeness (QED) is 0.0380. The highest BCUT2D eigenvalue weighted by atomic mass is 16.5. The number of rotatable bonds is 44. The van der Waals surface area contributed by atoms with Gasteiger partial charge in [-0.15, -0.1) is 0 Å². The van der Waals surface area contributed by atoms with Gasteiger partial charge >= 0.3 is 11.9 Å². The van der Waals surface area contributed by atoms with Crippen LogP contribution in [-0.4, -0.2) is 36.4 Å². The number of unbranched alkanes of at least 4 members (excludes halogenated alkanes) is 28. The van der Waals surface area contributed by atoms with Crippen molar-refractivity contribution < 1.29 is 24.2 Å². The highest BCUT2D eigenvalue weighted by Gasteiger charge is 2.06. The fourth-order valence-electron chi connectivity index (χ4n) is 7.01. The van der Waals surface area contributed by atoms with Crippen molar-refractivity contribution in [2.75, 3.05) is 13.2 Å². The van der Waals surface area contributed by atoms with Gasteiger partial charge in [-0.05, 0) is 89.9 Å². The molecule has 0 aliphatic rings. The van der Waals surface area contributed by atoms with E-state index in [-0.39, 0.29) is 18.0 Å². The average molecular weight is 761 g/mol. The minimum atomic E-state index is -0.224. The van der Waals surface area contributed by atoms with E-state index in [1.54, 1.807) is 0 Å². The van der Waals surface area contributed by atoms with Gasteiger partial charge in [0.1, 0.15) is 0 Å². The number of allylic oxidation sites excluding steroid dienone is 4. The van der Waals surface area contributed by atoms with Crippen molar-refractivity contribution in [3.8, 4) is 0 Å². The molecule has 0 heterocycles. The number of hydrogen-bond acceptors (Lipinski definition) is 5. The first-order chi connectivity index (χ1) is 26.6. The number of aliphatic hydroxyl groups excluding tert-OH is 1. The molecular weight excluding hydrogens is 669 g/mol. The van der Waals surface area contributed by atoms with Crippen molar-refractivity contribution in [3.63, 3.8) is 0 Å². The van der Waals surface area contributed by atoms with E-state index in [1.165, 1.54) is 141 Å². The molecule has 5 heteroatoms. The smallest absolute Gasteiger partial charge is 0.305 e. The van der Waals surface area contributed by atoms with Crippen molar-refractivity contribution in [3.05, 3.63) is 24.3 Å². The molecule has 54 heavy (non-hydrogen) atoms. The maximum absolute atomic E-state index is 12.0. The van der Waals surface area contributed by atoms with E-state index in [0.29, 0.717) is 26.1 Å². The Labute approximate surface area is 336 Å². The van der Waals surface area contributed by atoms with Crippen LogP contribution in [0.5, 0.6) is 0 Å². The number of carbonyl (C=O) groups excluding carboxylic acids is 2. The van der Waals surface area contributed by atoms with Gasteiger partial charge in [0.05, 0.1) is 19.3 Å². The Morgan fingerprint density at radius 2 is 0.667 bits per heavy atom. The fraction of sp³-hybridized carbons (Fsp3) is 0.878. The van der Waals surface area contributed by atoms with E-state index < -0.39 is 0 Å². The maximum Gasteiger partial charge on any atom is 0.305 e. The van der Waals surface area contributed by atoms with Crippen LogP contribution in [0.25, 0.3) is 0 Å². The second-order valence-electron chi connectivity index (χ2n) is 16.2. The largest absolute Gasteiger partial charge is 0.466 e. The van der Waals surface area contributed by atoms with Crippen LogP contribution in [0.3, 0.4) is 0 Å². The first kappa shape index (κ1) is 52.4. The van der Waals surface area contributed by atoms with Crippen LogP contribution in [0, 0.1) is 0 Å². The van der Waals surface area contributed by atoms with E-state index >= 15 is 0 Å². The molecule has 0 radical (unpaired) electrons. The molecule has 0 spiro atoms. The van der Waals surface area contributed by atoms with Crippen LogP contribution in [-0.2, 0) is 19.1 Å². The second kappa shape index (κ2) is 45.8. The van der Waals surface area contributed by atoms with Gasteiger partial charge in [0.25, 0.3) is 0 Å². The summed E-state index contributed by atoms with van der Waals surface area (Å²) in [7, 11) is 0. The van der Waals surface area contributed by atoms with Crippen LogP contribution in [0.15, 0.2) is 24.3 Å². The lowest BCUT2D eigenvalue weighted by Gasteiger charge is -2.10. The summed E-state index contributed by atoms with van der Waals surface area (Å²) in [6.45, 7) is 5.59. The minimum Gasteiger partial charge on any atom is -0.466 e. The van der Waals surface area contributed by atoms with Crippen molar-refractivity contribution in [2.24, 2.45) is 0 Å². The van der Waals surface area contributed by atoms with Crippen LogP contribution in [0.4, 0.5) is 0 Å². The van der Waals surface area contributed by atoms with Gasteiger partial charge in [0, 0.05) is 12.8 Å². The molecule has 1 N–H and O–H groups in total. The summed E-state index contributed by atoms with van der Waals surface area (Å²) in [5, 5.41) is 10.3. The van der Waals surface area contributed by atoms with Gasteiger partial charge in [-0.1, -0.05) is 179 Å². The molecule has 0 atom stereocenters. The van der Waals surface area contributed by atoms with Crippen molar-refractivity contribution in [1.82, 2.24) is 0 Å². The molecule has 5 nitrogen and oxygen atoms in total. The second-order valence-corrected chi connectivity index (χ2v) is 16.2. The molecule has 0 saturated heterocycles. The zero-order valence-electron chi connectivity index (χ0n) is 36.3. The van der Waals surface area contributed by atoms with Crippen LogP contribution >= 0.6 is 0 Å². The minimum absolute atomic E-state index is 0.0463. The van der Waals surface area contributed by atoms with Crippen molar-refractivity contribution in [2.45, 2.75) is 264 Å². The Kier molecular flexibility index (Phi) is 44.4. The zero-order chi connectivity index (χ0) is 39.3. The summed E-state index contributed by atoms with van der Waals surface area (Å²) in [5.74, 6) is -0.0927. The molecule has 0 aromatic carbocycles. The predicted octanol–water partition coefficient (Wildman–Crippen LogP) is 15.4. The van der Waals surface area contributed by atoms with E-state index in [4.69, 9.17) is 9.47 Å². The predicted molar refractivity (Wildman–Crippen MR) is 233 cm³/mol. The van der Waals surface area contributed by atoms with Crippen LogP contribution in [0.2, 0.25) is 0 Å². The molecule has 0 aliphatic carbocycles. The van der Waals surface area contributed by atoms with E-state index in [1.807, 2.05) is 0 Å². The SMILES string of the molecule is CCCCCCCC/C=C\CCCCCCCC(=O)OCCCCCCC(O)CCCCCCOC(=O)CCCCCCC/C=C\CCCCCCCC. The summed E-state index contributed by atoms with van der Waals surface area (Å²) in [6, 6.07) is 0. The van der Waals surface area contributed by atoms with E-state index in [2.05, 4.69) is 38.2 Å². The lowest BCUT2D eigenvalue weighted by atomic mass is 10.0. The first-order valence-electron chi connectivity index (χ1n) is 23.9. The standard InChI is InChI=1S/C49H92O5/c1-3-5-7-9-11-13-15-17-19-21-23-25-27-29-37-43-48(51)53-45-39-33-31-35-41-47(50)42-36-32-34-40-46-54-49(52)44-38-30-28-26-24-22-20-18-16-14-12-10-8-6-4-2/h17-20,47,50H,3-16,21-46H2,1-2H3/b19-17-,20-18-. The average Bonchev–Trinajstić information content (AvgIpc) is 3.17. The summed E-state index contributed by atoms with van der Waals surface area (Å²) in [4.78, 5) is 24.0. The summed E-state index contributed by atoms with van der Waals surface area (Å²) in [5.41, 5.74) is 0.